The Balaban J connectivity index is 1.23. The standard InChI is InChI=1S/C41H67N5O7S/c1-38(2,3)54(52,53)25-41(21-11-8-12-22-41)45-37(51)44-33(40(6)19-9-7-10-20-40)36(50)46-24-28-30(39(28,4)5)31(46)34(48)43-29(18-17-26-13-14-26)32(47)35(49)42-23-27-15-16-27/h26-31,33H,7-25H2,1-6H3,(H,42,49)(H,43,48)(H2,44,45,51)/t28-,29-,30-,31-,33+/m0/s1. The summed E-state index contributed by atoms with van der Waals surface area (Å²) in [6.45, 7) is 12.1. The Kier molecular flexibility index (Phi) is 11.6. The van der Waals surface area contributed by atoms with Gasteiger partial charge in [-0.25, -0.2) is 13.2 Å². The number of amides is 5. The summed E-state index contributed by atoms with van der Waals surface area (Å²) >= 11 is 0. The van der Waals surface area contributed by atoms with Crippen molar-refractivity contribution in [2.75, 3.05) is 18.8 Å². The van der Waals surface area contributed by atoms with Crippen LogP contribution in [0.25, 0.3) is 0 Å². The molecule has 0 aromatic rings. The van der Waals surface area contributed by atoms with E-state index < -0.39 is 67.3 Å². The topological polar surface area (TPSA) is 171 Å². The largest absolute Gasteiger partial charge is 0.349 e. The van der Waals surface area contributed by atoms with Crippen LogP contribution in [0.1, 0.15) is 144 Å². The number of carbonyl (C=O) groups excluding carboxylic acids is 5. The Morgan fingerprint density at radius 3 is 1.98 bits per heavy atom. The normalized spacial score (nSPS) is 28.2. The first-order chi connectivity index (χ1) is 25.3. The summed E-state index contributed by atoms with van der Waals surface area (Å²) in [6, 6.07) is -3.31. The van der Waals surface area contributed by atoms with Gasteiger partial charge in [-0.15, -0.1) is 0 Å². The van der Waals surface area contributed by atoms with Crippen molar-refractivity contribution in [1.29, 1.82) is 0 Å². The first-order valence-electron chi connectivity index (χ1n) is 21.0. The number of Topliss-reactive ketones (excluding diaryl/α,β-unsaturated/α-hetero) is 1. The molecule has 13 heteroatoms. The molecule has 0 aromatic heterocycles. The van der Waals surface area contributed by atoms with Crippen molar-refractivity contribution in [3.05, 3.63) is 0 Å². The van der Waals surface area contributed by atoms with E-state index >= 15 is 0 Å². The van der Waals surface area contributed by atoms with Crippen molar-refractivity contribution in [3.8, 4) is 0 Å². The lowest BCUT2D eigenvalue weighted by Crippen LogP contribution is -2.65. The van der Waals surface area contributed by atoms with Crippen LogP contribution >= 0.6 is 0 Å². The molecule has 12 nitrogen and oxygen atoms in total. The van der Waals surface area contributed by atoms with Gasteiger partial charge in [-0.2, -0.15) is 0 Å². The molecule has 0 unspecified atom stereocenters. The molecule has 1 aliphatic heterocycles. The number of likely N-dealkylation sites (tertiary alicyclic amines) is 1. The Hall–Kier alpha value is -2.70. The zero-order valence-corrected chi connectivity index (χ0v) is 34.5. The Morgan fingerprint density at radius 2 is 1.41 bits per heavy atom. The number of rotatable bonds is 15. The maximum atomic E-state index is 15.0. The fraction of sp³-hybridized carbons (Fsp3) is 0.878. The van der Waals surface area contributed by atoms with Crippen LogP contribution in [0.4, 0.5) is 4.79 Å². The van der Waals surface area contributed by atoms with Gasteiger partial charge in [0.2, 0.25) is 17.6 Å². The van der Waals surface area contributed by atoms with Gasteiger partial charge >= 0.3 is 6.03 Å². The van der Waals surface area contributed by atoms with Crippen molar-refractivity contribution in [1.82, 2.24) is 26.2 Å². The maximum Gasteiger partial charge on any atom is 0.315 e. The highest BCUT2D eigenvalue weighted by molar-refractivity contribution is 7.92. The summed E-state index contributed by atoms with van der Waals surface area (Å²) in [4.78, 5) is 71.7. The van der Waals surface area contributed by atoms with Crippen molar-refractivity contribution in [3.63, 3.8) is 0 Å². The molecule has 6 rings (SSSR count). The van der Waals surface area contributed by atoms with Gasteiger partial charge < -0.3 is 26.2 Å². The molecule has 5 aliphatic carbocycles. The van der Waals surface area contributed by atoms with Crippen LogP contribution in [0.15, 0.2) is 0 Å². The van der Waals surface area contributed by atoms with Gasteiger partial charge in [0.25, 0.3) is 5.91 Å². The Labute approximate surface area is 323 Å². The highest BCUT2D eigenvalue weighted by Gasteiger charge is 2.70. The maximum absolute atomic E-state index is 15.0. The van der Waals surface area contributed by atoms with Crippen LogP contribution in [0.2, 0.25) is 0 Å². The number of nitrogens with zero attached hydrogens (tertiary/aromatic N) is 1. The van der Waals surface area contributed by atoms with Gasteiger partial charge in [0.1, 0.15) is 12.1 Å². The molecular formula is C41H67N5O7S. The minimum atomic E-state index is -3.56. The molecule has 4 N–H and O–H groups in total. The number of carbonyl (C=O) groups is 5. The van der Waals surface area contributed by atoms with Crippen molar-refractivity contribution in [2.45, 2.75) is 173 Å². The molecule has 0 bridgehead atoms. The fourth-order valence-corrected chi connectivity index (χ4v) is 11.3. The number of sulfone groups is 1. The number of urea groups is 1. The van der Waals surface area contributed by atoms with Crippen LogP contribution < -0.4 is 21.3 Å². The number of ketones is 1. The third-order valence-electron chi connectivity index (χ3n) is 14.2. The minimum Gasteiger partial charge on any atom is -0.349 e. The summed E-state index contributed by atoms with van der Waals surface area (Å²) < 4.78 is 26.0. The molecule has 54 heavy (non-hydrogen) atoms. The molecule has 0 radical (unpaired) electrons. The number of hydrogen-bond acceptors (Lipinski definition) is 7. The Bertz CT molecular complexity index is 1570. The summed E-state index contributed by atoms with van der Waals surface area (Å²) in [7, 11) is -3.56. The number of fused-ring (bicyclic) bond motifs is 1. The summed E-state index contributed by atoms with van der Waals surface area (Å²) in [5.74, 6) is -1.34. The van der Waals surface area contributed by atoms with Gasteiger partial charge in [0.05, 0.1) is 22.1 Å². The lowest BCUT2D eigenvalue weighted by molar-refractivity contribution is -0.146. The van der Waals surface area contributed by atoms with Crippen LogP contribution in [-0.4, -0.2) is 90.1 Å². The van der Waals surface area contributed by atoms with Crippen LogP contribution in [0, 0.1) is 34.5 Å². The van der Waals surface area contributed by atoms with Crippen LogP contribution in [-0.2, 0) is 29.0 Å². The molecule has 6 fully saturated rings. The van der Waals surface area contributed by atoms with E-state index in [0.29, 0.717) is 44.2 Å². The van der Waals surface area contributed by atoms with E-state index in [1.807, 2.05) is 6.92 Å². The van der Waals surface area contributed by atoms with Crippen molar-refractivity contribution < 1.29 is 32.4 Å². The average Bonchev–Trinajstić information content (AvgIpc) is 4.05. The Morgan fingerprint density at radius 1 is 0.815 bits per heavy atom. The van der Waals surface area contributed by atoms with E-state index in [2.05, 4.69) is 35.1 Å². The molecule has 304 valence electrons. The molecule has 1 heterocycles. The fourth-order valence-electron chi connectivity index (χ4n) is 9.82. The molecule has 6 aliphatic rings. The molecule has 5 atom stereocenters. The van der Waals surface area contributed by atoms with Crippen molar-refractivity contribution in [2.24, 2.45) is 34.5 Å². The monoisotopic (exact) mass is 773 g/mol. The third-order valence-corrected chi connectivity index (χ3v) is 17.0. The summed E-state index contributed by atoms with van der Waals surface area (Å²) in [5, 5.41) is 11.9. The van der Waals surface area contributed by atoms with E-state index in [4.69, 9.17) is 0 Å². The van der Waals surface area contributed by atoms with E-state index in [9.17, 15) is 32.4 Å². The number of nitrogens with one attached hydrogen (secondary N) is 4. The van der Waals surface area contributed by atoms with Gasteiger partial charge in [0.15, 0.2) is 9.84 Å². The molecule has 0 aromatic carbocycles. The van der Waals surface area contributed by atoms with E-state index in [1.165, 1.54) is 0 Å². The molecule has 5 amide bonds. The molecule has 5 saturated carbocycles. The van der Waals surface area contributed by atoms with Gasteiger partial charge in [-0.3, -0.25) is 19.2 Å². The van der Waals surface area contributed by atoms with E-state index in [0.717, 1.165) is 83.5 Å². The van der Waals surface area contributed by atoms with Gasteiger partial charge in [-0.05, 0) is 107 Å². The second-order valence-electron chi connectivity index (χ2n) is 19.9. The zero-order valence-electron chi connectivity index (χ0n) is 33.7. The highest BCUT2D eigenvalue weighted by atomic mass is 32.2. The van der Waals surface area contributed by atoms with E-state index in [1.54, 1.807) is 25.7 Å². The molecular weight excluding hydrogens is 707 g/mol. The lowest BCUT2D eigenvalue weighted by atomic mass is 9.70. The number of piperidine rings is 1. The van der Waals surface area contributed by atoms with Crippen LogP contribution in [0.3, 0.4) is 0 Å². The quantitative estimate of drug-likeness (QED) is 0.173. The minimum absolute atomic E-state index is 0.0846. The lowest BCUT2D eigenvalue weighted by Gasteiger charge is -2.44. The predicted molar refractivity (Wildman–Crippen MR) is 207 cm³/mol. The average molecular weight is 774 g/mol. The smallest absolute Gasteiger partial charge is 0.315 e. The first kappa shape index (κ1) is 40.9. The summed E-state index contributed by atoms with van der Waals surface area (Å²) in [6.07, 6.45) is 13.3. The van der Waals surface area contributed by atoms with Crippen LogP contribution in [0.5, 0.6) is 0 Å². The second kappa shape index (κ2) is 15.3. The predicted octanol–water partition coefficient (Wildman–Crippen LogP) is 4.79. The number of hydrogen-bond donors (Lipinski definition) is 4. The van der Waals surface area contributed by atoms with Gasteiger partial charge in [0, 0.05) is 13.1 Å². The molecule has 1 saturated heterocycles. The summed E-state index contributed by atoms with van der Waals surface area (Å²) in [5.41, 5.74) is -1.70. The van der Waals surface area contributed by atoms with Crippen molar-refractivity contribution >= 4 is 39.4 Å². The second-order valence-corrected chi connectivity index (χ2v) is 22.7. The highest BCUT2D eigenvalue weighted by Crippen LogP contribution is 2.65. The third kappa shape index (κ3) is 8.96. The zero-order chi connectivity index (χ0) is 39.3. The van der Waals surface area contributed by atoms with E-state index in [-0.39, 0.29) is 28.9 Å². The first-order valence-corrected chi connectivity index (χ1v) is 22.7. The molecule has 0 spiro atoms. The van der Waals surface area contributed by atoms with Gasteiger partial charge in [-0.1, -0.05) is 72.1 Å². The SMILES string of the molecule is CC1([C@H](NC(=O)NC2(CS(=O)(=O)C(C)(C)C)CCCCC2)C(=O)N2C[C@H]3[C@@H]([C@H]2C(=O)N[C@@H](CCC2CC2)C(=O)C(=O)NCC2CC2)C3(C)C)CCCCC1.